The molecule has 0 aromatic heterocycles. The highest BCUT2D eigenvalue weighted by molar-refractivity contribution is 4.94. The summed E-state index contributed by atoms with van der Waals surface area (Å²) in [7, 11) is 1.38. The molecule has 0 radical (unpaired) electrons. The van der Waals surface area contributed by atoms with Crippen LogP contribution in [0.3, 0.4) is 0 Å². The van der Waals surface area contributed by atoms with Gasteiger partial charge in [-0.15, -0.1) is 0 Å². The van der Waals surface area contributed by atoms with Crippen LogP contribution >= 0.6 is 0 Å². The Hall–Kier alpha value is -0.360. The topological polar surface area (TPSA) is 150 Å². The van der Waals surface area contributed by atoms with Gasteiger partial charge in [-0.3, -0.25) is 0 Å². The van der Waals surface area contributed by atoms with Gasteiger partial charge in [0.25, 0.3) is 0 Å². The van der Waals surface area contributed by atoms with E-state index in [2.05, 4.69) is 0 Å². The first-order chi connectivity index (χ1) is 10.3. The molecule has 9 heteroatoms. The lowest BCUT2D eigenvalue weighted by atomic mass is 9.96. The highest BCUT2D eigenvalue weighted by Crippen LogP contribution is 2.28. The van der Waals surface area contributed by atoms with Gasteiger partial charge in [-0.25, -0.2) is 0 Å². The fraction of sp³-hybridized carbons (Fsp3) is 1.00. The number of aliphatic hydroxyl groups is 3. The Bertz CT molecular complexity index is 374. The van der Waals surface area contributed by atoms with Gasteiger partial charge >= 0.3 is 0 Å². The van der Waals surface area contributed by atoms with E-state index in [-0.39, 0.29) is 0 Å². The van der Waals surface area contributed by atoms with E-state index in [1.165, 1.54) is 7.11 Å². The molecule has 22 heavy (non-hydrogen) atoms. The van der Waals surface area contributed by atoms with Crippen molar-refractivity contribution in [2.24, 2.45) is 11.5 Å². The normalized spacial score (nSPS) is 53.5. The summed E-state index contributed by atoms with van der Waals surface area (Å²) >= 11 is 0. The summed E-state index contributed by atoms with van der Waals surface area (Å²) in [6.07, 6.45) is -7.54. The van der Waals surface area contributed by atoms with Gasteiger partial charge in [0, 0.05) is 7.11 Å². The molecule has 0 aromatic rings. The van der Waals surface area contributed by atoms with Crippen LogP contribution in [0.25, 0.3) is 0 Å². The number of hydrogen-bond donors (Lipinski definition) is 5. The highest BCUT2D eigenvalue weighted by Gasteiger charge is 2.48. The molecule has 7 N–H and O–H groups in total. The molecule has 10 atom stereocenters. The van der Waals surface area contributed by atoms with E-state index in [9.17, 15) is 15.3 Å². The Morgan fingerprint density at radius 1 is 0.864 bits per heavy atom. The summed E-state index contributed by atoms with van der Waals surface area (Å²) in [5.41, 5.74) is 11.6. The van der Waals surface area contributed by atoms with Gasteiger partial charge in [0.1, 0.15) is 24.4 Å². The van der Waals surface area contributed by atoms with E-state index in [1.807, 2.05) is 0 Å². The van der Waals surface area contributed by atoms with Crippen LogP contribution in [0.1, 0.15) is 13.8 Å². The van der Waals surface area contributed by atoms with Gasteiger partial charge < -0.3 is 45.7 Å². The minimum Gasteiger partial charge on any atom is -0.388 e. The summed E-state index contributed by atoms with van der Waals surface area (Å²) in [5.74, 6) is 0. The molecule has 9 nitrogen and oxygen atoms in total. The van der Waals surface area contributed by atoms with Gasteiger partial charge in [0.05, 0.1) is 24.3 Å². The Morgan fingerprint density at radius 3 is 1.91 bits per heavy atom. The van der Waals surface area contributed by atoms with Crippen LogP contribution in [0.2, 0.25) is 0 Å². The first-order valence-corrected chi connectivity index (χ1v) is 7.32. The predicted molar refractivity (Wildman–Crippen MR) is 74.5 cm³/mol. The van der Waals surface area contributed by atoms with Crippen LogP contribution in [-0.2, 0) is 18.9 Å². The van der Waals surface area contributed by atoms with Gasteiger partial charge in [0.2, 0.25) is 0 Å². The minimum atomic E-state index is -1.37. The first-order valence-electron chi connectivity index (χ1n) is 7.32. The average molecular weight is 322 g/mol. The van der Waals surface area contributed by atoms with Crippen LogP contribution in [0.4, 0.5) is 0 Å². The molecule has 2 aliphatic rings. The zero-order valence-electron chi connectivity index (χ0n) is 12.9. The molecule has 0 amide bonds. The summed E-state index contributed by atoms with van der Waals surface area (Å²) < 4.78 is 21.6. The van der Waals surface area contributed by atoms with Gasteiger partial charge in [-0.05, 0) is 13.8 Å². The number of hydrogen-bond acceptors (Lipinski definition) is 9. The van der Waals surface area contributed by atoms with Crippen molar-refractivity contribution in [3.8, 4) is 0 Å². The molecule has 2 saturated heterocycles. The lowest BCUT2D eigenvalue weighted by molar-refractivity contribution is -0.339. The van der Waals surface area contributed by atoms with Gasteiger partial charge in [-0.1, -0.05) is 0 Å². The van der Waals surface area contributed by atoms with E-state index >= 15 is 0 Å². The van der Waals surface area contributed by atoms with Crippen molar-refractivity contribution < 1.29 is 34.3 Å². The molecule has 2 heterocycles. The maximum absolute atomic E-state index is 10.2. The van der Waals surface area contributed by atoms with Gasteiger partial charge in [-0.2, -0.15) is 0 Å². The van der Waals surface area contributed by atoms with Crippen LogP contribution < -0.4 is 11.5 Å². The molecular formula is C13H26N2O7. The lowest BCUT2D eigenvalue weighted by Crippen LogP contribution is -2.65. The quantitative estimate of drug-likeness (QED) is 0.372. The third-order valence-electron chi connectivity index (χ3n) is 4.36. The monoisotopic (exact) mass is 322 g/mol. The average Bonchev–Trinajstić information content (AvgIpc) is 2.47. The summed E-state index contributed by atoms with van der Waals surface area (Å²) in [4.78, 5) is 0. The number of methoxy groups -OCH3 is 1. The van der Waals surface area contributed by atoms with Crippen LogP contribution in [0.5, 0.6) is 0 Å². The first kappa shape index (κ1) is 18.0. The van der Waals surface area contributed by atoms with E-state index < -0.39 is 61.3 Å². The maximum Gasteiger partial charge on any atom is 0.187 e. The lowest BCUT2D eigenvalue weighted by Gasteiger charge is -2.45. The molecule has 2 rings (SSSR count). The molecular weight excluding hydrogens is 296 g/mol. The third-order valence-corrected chi connectivity index (χ3v) is 4.36. The summed E-state index contributed by atoms with van der Waals surface area (Å²) in [6, 6.07) is -1.35. The zero-order valence-corrected chi connectivity index (χ0v) is 12.9. The second kappa shape index (κ2) is 7.04. The smallest absolute Gasteiger partial charge is 0.187 e. The number of ether oxygens (including phenoxy) is 4. The molecule has 2 fully saturated rings. The molecule has 130 valence electrons. The van der Waals surface area contributed by atoms with Crippen molar-refractivity contribution in [3.63, 3.8) is 0 Å². The Balaban J connectivity index is 2.10. The Kier molecular flexibility index (Phi) is 5.75. The molecule has 0 saturated carbocycles. The SMILES string of the molecule is CO[C@@H]1[C@@H](O[C@H]2[C@@H](O)[C@H](N)[C@@H](C)O[C@@H]2O)O[C@H](C)[C@@H](N)[C@@H]1O. The van der Waals surface area contributed by atoms with Crippen molar-refractivity contribution in [1.29, 1.82) is 0 Å². The van der Waals surface area contributed by atoms with Crippen LogP contribution in [0, 0.1) is 0 Å². The second-order valence-electron chi connectivity index (χ2n) is 5.88. The highest BCUT2D eigenvalue weighted by atomic mass is 16.7. The van der Waals surface area contributed by atoms with E-state index in [1.54, 1.807) is 13.8 Å². The molecule has 2 aliphatic heterocycles. The molecule has 0 aliphatic carbocycles. The molecule has 0 aromatic carbocycles. The summed E-state index contributed by atoms with van der Waals surface area (Å²) in [6.45, 7) is 3.33. The molecule has 0 unspecified atom stereocenters. The Morgan fingerprint density at radius 2 is 1.36 bits per heavy atom. The number of rotatable bonds is 3. The third kappa shape index (κ3) is 3.28. The van der Waals surface area contributed by atoms with Crippen molar-refractivity contribution in [2.45, 2.75) is 75.1 Å². The Labute approximate surface area is 129 Å². The van der Waals surface area contributed by atoms with Crippen LogP contribution in [0.15, 0.2) is 0 Å². The van der Waals surface area contributed by atoms with Crippen LogP contribution in [-0.4, -0.2) is 83.7 Å². The number of nitrogens with two attached hydrogens (primary N) is 2. The molecule has 0 bridgehead atoms. The summed E-state index contributed by atoms with van der Waals surface area (Å²) in [5, 5.41) is 30.3. The minimum absolute atomic E-state index is 0.488. The molecule has 0 spiro atoms. The predicted octanol–water partition coefficient (Wildman–Crippen LogP) is -2.76. The number of aliphatic hydroxyl groups excluding tert-OH is 3. The van der Waals surface area contributed by atoms with Crippen molar-refractivity contribution >= 4 is 0 Å². The fourth-order valence-corrected chi connectivity index (χ4v) is 2.75. The van der Waals surface area contributed by atoms with Crippen molar-refractivity contribution in [2.75, 3.05) is 7.11 Å². The zero-order chi connectivity index (χ0) is 16.6. The second-order valence-corrected chi connectivity index (χ2v) is 5.88. The van der Waals surface area contributed by atoms with E-state index in [0.717, 1.165) is 0 Å². The van der Waals surface area contributed by atoms with Gasteiger partial charge in [0.15, 0.2) is 12.6 Å². The largest absolute Gasteiger partial charge is 0.388 e. The van der Waals surface area contributed by atoms with E-state index in [4.69, 9.17) is 30.4 Å². The maximum atomic E-state index is 10.2. The van der Waals surface area contributed by atoms with E-state index in [0.29, 0.717) is 0 Å². The van der Waals surface area contributed by atoms with Crippen molar-refractivity contribution in [3.05, 3.63) is 0 Å². The fourth-order valence-electron chi connectivity index (χ4n) is 2.75. The van der Waals surface area contributed by atoms with Crippen molar-refractivity contribution in [1.82, 2.24) is 0 Å². The standard InChI is InChI=1S/C13H26N2O7/c1-4-6(14)8(16)10(12(18)20-4)22-13-11(19-3)9(17)7(15)5(2)21-13/h4-13,16-18H,14-15H2,1-3H3/t4-,5-,6-,7-,8+,9+,10+,11+,12+,13-/m1/s1.